The zero-order chi connectivity index (χ0) is 42.0. The Morgan fingerprint density at radius 3 is 2.19 bits per heavy atom. The van der Waals surface area contributed by atoms with Crippen molar-refractivity contribution in [2.24, 2.45) is 56.7 Å². The minimum absolute atomic E-state index is 0.0362. The number of nitrogens with zero attached hydrogens (tertiary/aromatic N) is 2. The summed E-state index contributed by atoms with van der Waals surface area (Å²) in [6.45, 7) is 17.6. The van der Waals surface area contributed by atoms with E-state index in [0.717, 1.165) is 62.5 Å². The fraction of sp³-hybridized carbons (Fsp3) is 0.745. The first-order valence-electron chi connectivity index (χ1n) is 21.5. The van der Waals surface area contributed by atoms with Crippen molar-refractivity contribution in [2.75, 3.05) is 27.2 Å². The number of carbonyl (C=O) groups is 4. The molecule has 9 nitrogen and oxygen atoms in total. The van der Waals surface area contributed by atoms with Gasteiger partial charge in [0.05, 0.1) is 24.5 Å². The van der Waals surface area contributed by atoms with E-state index in [4.69, 9.17) is 16.3 Å². The summed E-state index contributed by atoms with van der Waals surface area (Å²) in [7, 11) is 3.75. The first-order valence-corrected chi connectivity index (χ1v) is 21.9. The topological polar surface area (TPSA) is 124 Å². The van der Waals surface area contributed by atoms with Gasteiger partial charge in [0.15, 0.2) is 5.78 Å². The van der Waals surface area contributed by atoms with E-state index in [2.05, 4.69) is 41.5 Å². The molecule has 1 amide bonds. The molecule has 316 valence electrons. The first kappa shape index (κ1) is 43.8. The van der Waals surface area contributed by atoms with Gasteiger partial charge in [0, 0.05) is 35.4 Å². The highest BCUT2D eigenvalue weighted by Gasteiger charge is 2.67. The smallest absolute Gasteiger partial charge is 0.309 e. The standard InChI is InChI=1S/C47H69ClN2O7/c1-28(2)40-33(51)23-47(36(52)26-50(38(53)27-49(9)10)25-29-11-13-30(48)14-12-29)22-17-32-31(41(40)47)15-16-35-45(32,7)20-18-34-44(5,6)37(19-21-46(34,35)8)57-39(54)24-43(3,4)42(55)56/h11-14,28,31-32,34-37,52H,15-27H2,1-10H3,(H,55,56). The number of ether oxygens (including phenoxy) is 1. The minimum atomic E-state index is -1.18. The van der Waals surface area contributed by atoms with Gasteiger partial charge in [-0.3, -0.25) is 19.2 Å². The van der Waals surface area contributed by atoms with Crippen molar-refractivity contribution < 1.29 is 34.1 Å². The van der Waals surface area contributed by atoms with Crippen LogP contribution in [0.2, 0.25) is 5.02 Å². The third kappa shape index (κ3) is 7.76. The van der Waals surface area contributed by atoms with Gasteiger partial charge in [0.1, 0.15) is 6.10 Å². The molecule has 0 radical (unpaired) electrons. The largest absolute Gasteiger partial charge is 0.481 e. The third-order valence-corrected chi connectivity index (χ3v) is 16.4. The number of benzene rings is 1. The van der Waals surface area contributed by atoms with E-state index in [9.17, 15) is 29.4 Å². The van der Waals surface area contributed by atoms with Crippen LogP contribution in [0.5, 0.6) is 0 Å². The number of fused-ring (bicyclic) bond motifs is 7. The molecule has 57 heavy (non-hydrogen) atoms. The van der Waals surface area contributed by atoms with Crippen LogP contribution in [0.1, 0.15) is 125 Å². The summed E-state index contributed by atoms with van der Waals surface area (Å²) in [5.74, 6) is 0.0748. The van der Waals surface area contributed by atoms with Crippen molar-refractivity contribution in [1.29, 1.82) is 0 Å². The second kappa shape index (κ2) is 15.7. The fourth-order valence-corrected chi connectivity index (χ4v) is 13.5. The van der Waals surface area contributed by atoms with Gasteiger partial charge in [-0.25, -0.2) is 0 Å². The number of ketones is 1. The summed E-state index contributed by atoms with van der Waals surface area (Å²) in [5, 5.41) is 22.8. The molecule has 0 bridgehead atoms. The van der Waals surface area contributed by atoms with Crippen LogP contribution in [0.25, 0.3) is 0 Å². The van der Waals surface area contributed by atoms with E-state index in [1.807, 2.05) is 43.3 Å². The van der Waals surface area contributed by atoms with E-state index in [0.29, 0.717) is 35.7 Å². The number of rotatable bonds is 12. The fourth-order valence-electron chi connectivity index (χ4n) is 13.4. The Labute approximate surface area is 346 Å². The molecule has 4 saturated carbocycles. The van der Waals surface area contributed by atoms with Gasteiger partial charge in [-0.05, 0) is 143 Å². The quantitative estimate of drug-likeness (QED) is 0.201. The number of aliphatic carboxylic acids is 1. The van der Waals surface area contributed by atoms with Gasteiger partial charge in [-0.2, -0.15) is 0 Å². The number of esters is 1. The molecular formula is C47H69ClN2O7. The average Bonchev–Trinajstić information content (AvgIpc) is 3.43. The summed E-state index contributed by atoms with van der Waals surface area (Å²) in [4.78, 5) is 56.5. The van der Waals surface area contributed by atoms with Crippen molar-refractivity contribution in [2.45, 2.75) is 138 Å². The van der Waals surface area contributed by atoms with Crippen LogP contribution in [-0.4, -0.2) is 83.0 Å². The highest BCUT2D eigenvalue weighted by atomic mass is 35.5. The van der Waals surface area contributed by atoms with Crippen LogP contribution in [0.4, 0.5) is 0 Å². The Morgan fingerprint density at radius 1 is 0.930 bits per heavy atom. The molecule has 0 aromatic heterocycles. The summed E-state index contributed by atoms with van der Waals surface area (Å²) in [6.07, 6.45) is 6.44. The second-order valence-electron chi connectivity index (χ2n) is 21.1. The van der Waals surface area contributed by atoms with Crippen LogP contribution in [0.3, 0.4) is 0 Å². The molecule has 4 fully saturated rings. The molecule has 1 aromatic rings. The SMILES string of the molecule is CC(C)C1=C2C3CCC4C(C)(CCC5C(C)(C)C(OC(=O)CC(C)(C)C(=O)O)CCC54C)C3CCC2(C(O)CN(Cc2ccc(Cl)cc2)C(=O)CN(C)C)CC1=O. The minimum Gasteiger partial charge on any atom is -0.481 e. The van der Waals surface area contributed by atoms with Gasteiger partial charge in [0.25, 0.3) is 0 Å². The molecule has 5 aliphatic carbocycles. The van der Waals surface area contributed by atoms with Gasteiger partial charge in [0.2, 0.25) is 5.91 Å². The van der Waals surface area contributed by atoms with E-state index in [1.165, 1.54) is 5.57 Å². The lowest BCUT2D eigenvalue weighted by atomic mass is 9.36. The molecule has 9 atom stereocenters. The molecule has 0 aliphatic heterocycles. The Morgan fingerprint density at radius 2 is 1.58 bits per heavy atom. The van der Waals surface area contributed by atoms with Crippen LogP contribution in [0.15, 0.2) is 35.4 Å². The number of hydrogen-bond donors (Lipinski definition) is 2. The second-order valence-corrected chi connectivity index (χ2v) is 21.5. The third-order valence-electron chi connectivity index (χ3n) is 16.1. The molecule has 9 unspecified atom stereocenters. The van der Waals surface area contributed by atoms with E-state index in [1.54, 1.807) is 18.7 Å². The van der Waals surface area contributed by atoms with Gasteiger partial charge >= 0.3 is 11.9 Å². The molecule has 0 saturated heterocycles. The number of aliphatic hydroxyl groups is 1. The van der Waals surface area contributed by atoms with Crippen molar-refractivity contribution >= 4 is 35.2 Å². The molecule has 0 heterocycles. The summed E-state index contributed by atoms with van der Waals surface area (Å²) in [5.41, 5.74) is 0.986. The first-order chi connectivity index (χ1) is 26.5. The molecule has 1 aromatic carbocycles. The predicted molar refractivity (Wildman–Crippen MR) is 222 cm³/mol. The number of allylic oxidation sites excluding steroid dienone is 1. The number of aliphatic hydroxyl groups excluding tert-OH is 1. The van der Waals surface area contributed by atoms with Crippen molar-refractivity contribution in [3.8, 4) is 0 Å². The number of carboxylic acids is 1. The maximum atomic E-state index is 14.2. The monoisotopic (exact) mass is 808 g/mol. The number of likely N-dealkylation sites (N-methyl/N-ethyl adjacent to an activating group) is 1. The maximum absolute atomic E-state index is 14.2. The van der Waals surface area contributed by atoms with E-state index < -0.39 is 28.9 Å². The lowest BCUT2D eigenvalue weighted by molar-refractivity contribution is -0.214. The molecule has 2 N–H and O–H groups in total. The molecule has 10 heteroatoms. The Bertz CT molecular complexity index is 1770. The zero-order valence-corrected chi connectivity index (χ0v) is 37.0. The van der Waals surface area contributed by atoms with Crippen molar-refractivity contribution in [3.05, 3.63) is 46.0 Å². The number of amides is 1. The summed E-state index contributed by atoms with van der Waals surface area (Å²) >= 11 is 6.19. The highest BCUT2D eigenvalue weighted by Crippen LogP contribution is 2.73. The normalized spacial score (nSPS) is 33.9. The predicted octanol–water partition coefficient (Wildman–Crippen LogP) is 8.59. The van der Waals surface area contributed by atoms with Gasteiger partial charge in [-0.1, -0.05) is 70.8 Å². The summed E-state index contributed by atoms with van der Waals surface area (Å²) < 4.78 is 6.16. The van der Waals surface area contributed by atoms with E-state index in [-0.39, 0.29) is 65.4 Å². The lowest BCUT2D eigenvalue weighted by Crippen LogP contribution is -2.63. The maximum Gasteiger partial charge on any atom is 0.309 e. The molecule has 6 rings (SSSR count). The Balaban J connectivity index is 1.27. The number of hydrogen-bond acceptors (Lipinski definition) is 7. The number of halogens is 1. The average molecular weight is 810 g/mol. The number of carboxylic acid groups (broad SMARTS) is 1. The Kier molecular flexibility index (Phi) is 12.1. The van der Waals surface area contributed by atoms with Crippen LogP contribution >= 0.6 is 11.6 Å². The summed E-state index contributed by atoms with van der Waals surface area (Å²) in [6, 6.07) is 7.50. The van der Waals surface area contributed by atoms with E-state index >= 15 is 0 Å². The van der Waals surface area contributed by atoms with Crippen LogP contribution in [-0.2, 0) is 30.5 Å². The van der Waals surface area contributed by atoms with Gasteiger partial charge < -0.3 is 24.7 Å². The van der Waals surface area contributed by atoms with Crippen LogP contribution < -0.4 is 0 Å². The van der Waals surface area contributed by atoms with Crippen LogP contribution in [0, 0.1) is 56.7 Å². The Hall–Kier alpha value is -2.75. The van der Waals surface area contributed by atoms with Crippen molar-refractivity contribution in [3.63, 3.8) is 0 Å². The zero-order valence-electron chi connectivity index (χ0n) is 36.3. The highest BCUT2D eigenvalue weighted by molar-refractivity contribution is 6.30. The number of carbonyl (C=O) groups excluding carboxylic acids is 3. The van der Waals surface area contributed by atoms with Crippen molar-refractivity contribution in [1.82, 2.24) is 9.80 Å². The number of Topliss-reactive ketones (excluding diaryl/α,β-unsaturated/α-hetero) is 1. The molecule has 5 aliphatic rings. The van der Waals surface area contributed by atoms with Gasteiger partial charge in [-0.15, -0.1) is 0 Å². The lowest BCUT2D eigenvalue weighted by Gasteiger charge is -2.69. The molecule has 0 spiro atoms. The molecular weight excluding hydrogens is 740 g/mol.